The molecule has 1 aromatic carbocycles. The average molecular weight is 376 g/mol. The van der Waals surface area contributed by atoms with Gasteiger partial charge in [0.05, 0.1) is 23.2 Å². The SMILES string of the molecule is CCCCCCOCc1cc2c(-c3ccc(O)cc3)c(CC)c3cccc1n32. The molecule has 0 aliphatic rings. The number of phenolic OH excluding ortho intramolecular Hbond substituents is 1. The van der Waals surface area contributed by atoms with Crippen molar-refractivity contribution in [3.63, 3.8) is 0 Å². The number of aryl methyl sites for hydroxylation is 1. The second-order valence-corrected chi connectivity index (χ2v) is 7.55. The van der Waals surface area contributed by atoms with Crippen molar-refractivity contribution < 1.29 is 9.84 Å². The van der Waals surface area contributed by atoms with Crippen LogP contribution in [0.2, 0.25) is 0 Å². The van der Waals surface area contributed by atoms with Crippen LogP contribution in [-0.2, 0) is 17.8 Å². The van der Waals surface area contributed by atoms with Crippen molar-refractivity contribution >= 4 is 16.6 Å². The van der Waals surface area contributed by atoms with Gasteiger partial charge in [0, 0.05) is 17.7 Å². The van der Waals surface area contributed by atoms with Crippen LogP contribution >= 0.6 is 0 Å². The number of aromatic hydroxyl groups is 1. The van der Waals surface area contributed by atoms with E-state index in [1.165, 1.54) is 52.5 Å². The largest absolute Gasteiger partial charge is 0.508 e. The quantitative estimate of drug-likeness (QED) is 0.336. The van der Waals surface area contributed by atoms with Gasteiger partial charge in [0.15, 0.2) is 0 Å². The number of phenols is 1. The maximum atomic E-state index is 9.69. The summed E-state index contributed by atoms with van der Waals surface area (Å²) < 4.78 is 8.37. The van der Waals surface area contributed by atoms with Crippen LogP contribution in [0.5, 0.6) is 5.75 Å². The molecule has 0 saturated heterocycles. The van der Waals surface area contributed by atoms with Crippen LogP contribution in [-0.4, -0.2) is 16.1 Å². The Morgan fingerprint density at radius 3 is 2.43 bits per heavy atom. The summed E-state index contributed by atoms with van der Waals surface area (Å²) in [6.45, 7) is 5.92. The van der Waals surface area contributed by atoms with Gasteiger partial charge in [0.25, 0.3) is 0 Å². The van der Waals surface area contributed by atoms with Gasteiger partial charge in [-0.3, -0.25) is 0 Å². The molecule has 0 spiro atoms. The van der Waals surface area contributed by atoms with Crippen LogP contribution in [0.15, 0.2) is 48.5 Å². The first-order chi connectivity index (χ1) is 13.7. The summed E-state index contributed by atoms with van der Waals surface area (Å²) in [6.07, 6.45) is 5.89. The highest BCUT2D eigenvalue weighted by molar-refractivity contribution is 5.96. The monoisotopic (exact) mass is 375 g/mol. The van der Waals surface area contributed by atoms with Crippen molar-refractivity contribution in [3.05, 3.63) is 59.7 Å². The second kappa shape index (κ2) is 8.24. The highest BCUT2D eigenvalue weighted by atomic mass is 16.5. The standard InChI is InChI=1S/C25H29NO2/c1-3-5-6-7-15-28-17-19-16-24-25(18-11-13-20(27)14-12-18)21(4-2)23-10-8-9-22(19)26(23)24/h8-14,16,27H,3-7,15,17H2,1-2H3. The summed E-state index contributed by atoms with van der Waals surface area (Å²) in [6, 6.07) is 16.4. The Hall–Kier alpha value is -2.52. The Kier molecular flexibility index (Phi) is 5.54. The predicted octanol–water partition coefficient (Wildman–Crippen LogP) is 6.56. The van der Waals surface area contributed by atoms with Crippen LogP contribution in [0.1, 0.15) is 50.7 Å². The molecule has 3 heterocycles. The number of pyridine rings is 1. The molecule has 28 heavy (non-hydrogen) atoms. The van der Waals surface area contributed by atoms with E-state index in [-0.39, 0.29) is 0 Å². The molecule has 1 N–H and O–H groups in total. The maximum absolute atomic E-state index is 9.69. The number of nitrogens with zero attached hydrogens (tertiary/aromatic N) is 1. The fraction of sp³-hybridized carbons (Fsp3) is 0.360. The lowest BCUT2D eigenvalue weighted by Gasteiger charge is -2.06. The minimum absolute atomic E-state index is 0.301. The van der Waals surface area contributed by atoms with Crippen molar-refractivity contribution in [2.45, 2.75) is 52.6 Å². The topological polar surface area (TPSA) is 33.9 Å². The summed E-state index contributed by atoms with van der Waals surface area (Å²) in [4.78, 5) is 0. The zero-order valence-electron chi connectivity index (χ0n) is 16.9. The number of hydrogen-bond donors (Lipinski definition) is 1. The highest BCUT2D eigenvalue weighted by Crippen LogP contribution is 2.39. The van der Waals surface area contributed by atoms with Gasteiger partial charge in [-0.2, -0.15) is 0 Å². The second-order valence-electron chi connectivity index (χ2n) is 7.55. The van der Waals surface area contributed by atoms with Crippen molar-refractivity contribution in [3.8, 4) is 16.9 Å². The molecule has 3 nitrogen and oxygen atoms in total. The highest BCUT2D eigenvalue weighted by Gasteiger charge is 2.20. The molecule has 0 bridgehead atoms. The van der Waals surface area contributed by atoms with E-state index in [0.717, 1.165) is 25.0 Å². The summed E-state index contributed by atoms with van der Waals surface area (Å²) in [5, 5.41) is 9.69. The van der Waals surface area contributed by atoms with Crippen molar-refractivity contribution in [1.29, 1.82) is 0 Å². The zero-order chi connectivity index (χ0) is 19.5. The van der Waals surface area contributed by atoms with Crippen LogP contribution in [0.25, 0.3) is 27.7 Å². The van der Waals surface area contributed by atoms with Crippen LogP contribution in [0.3, 0.4) is 0 Å². The smallest absolute Gasteiger partial charge is 0.115 e. The number of unbranched alkanes of at least 4 members (excludes halogenated alkanes) is 3. The Balaban J connectivity index is 1.71. The Morgan fingerprint density at radius 1 is 0.893 bits per heavy atom. The third kappa shape index (κ3) is 3.35. The van der Waals surface area contributed by atoms with E-state index in [2.05, 4.69) is 42.5 Å². The summed E-state index contributed by atoms with van der Waals surface area (Å²) in [5.74, 6) is 0.301. The van der Waals surface area contributed by atoms with Crippen molar-refractivity contribution in [2.75, 3.05) is 6.61 Å². The molecular weight excluding hydrogens is 346 g/mol. The molecule has 3 heteroatoms. The molecule has 0 fully saturated rings. The van der Waals surface area contributed by atoms with Crippen LogP contribution < -0.4 is 0 Å². The molecule has 0 aliphatic carbocycles. The Bertz CT molecular complexity index is 1050. The van der Waals surface area contributed by atoms with E-state index >= 15 is 0 Å². The number of ether oxygens (including phenoxy) is 1. The van der Waals surface area contributed by atoms with Crippen LogP contribution in [0.4, 0.5) is 0 Å². The third-order valence-corrected chi connectivity index (χ3v) is 5.65. The molecule has 0 radical (unpaired) electrons. The molecule has 0 amide bonds. The van der Waals surface area contributed by atoms with Gasteiger partial charge in [0.2, 0.25) is 0 Å². The zero-order valence-corrected chi connectivity index (χ0v) is 16.9. The minimum Gasteiger partial charge on any atom is -0.508 e. The van der Waals surface area contributed by atoms with E-state index < -0.39 is 0 Å². The lowest BCUT2D eigenvalue weighted by molar-refractivity contribution is 0.117. The summed E-state index contributed by atoms with van der Waals surface area (Å²) in [7, 11) is 0. The molecule has 0 unspecified atom stereocenters. The van der Waals surface area contributed by atoms with Gasteiger partial charge >= 0.3 is 0 Å². The lowest BCUT2D eigenvalue weighted by atomic mass is 9.99. The van der Waals surface area contributed by atoms with E-state index in [0.29, 0.717) is 12.4 Å². The molecule has 0 aliphatic heterocycles. The van der Waals surface area contributed by atoms with Gasteiger partial charge in [-0.05, 0) is 54.3 Å². The van der Waals surface area contributed by atoms with E-state index in [1.54, 1.807) is 12.1 Å². The molecule has 4 rings (SSSR count). The summed E-state index contributed by atoms with van der Waals surface area (Å²) in [5.41, 5.74) is 8.77. The number of hydrogen-bond acceptors (Lipinski definition) is 2. The fourth-order valence-corrected chi connectivity index (χ4v) is 4.26. The predicted molar refractivity (Wildman–Crippen MR) is 116 cm³/mol. The van der Waals surface area contributed by atoms with E-state index in [4.69, 9.17) is 4.74 Å². The summed E-state index contributed by atoms with van der Waals surface area (Å²) >= 11 is 0. The first-order valence-corrected chi connectivity index (χ1v) is 10.5. The van der Waals surface area contributed by atoms with Crippen LogP contribution in [0, 0.1) is 0 Å². The van der Waals surface area contributed by atoms with Crippen molar-refractivity contribution in [2.24, 2.45) is 0 Å². The van der Waals surface area contributed by atoms with E-state index in [1.807, 2.05) is 12.1 Å². The van der Waals surface area contributed by atoms with Crippen molar-refractivity contribution in [1.82, 2.24) is 4.40 Å². The first-order valence-electron chi connectivity index (χ1n) is 10.5. The van der Waals surface area contributed by atoms with Gasteiger partial charge < -0.3 is 14.2 Å². The maximum Gasteiger partial charge on any atom is 0.115 e. The third-order valence-electron chi connectivity index (χ3n) is 5.65. The molecular formula is C25H29NO2. The Labute approximate surface area is 166 Å². The normalized spacial score (nSPS) is 11.8. The minimum atomic E-state index is 0.301. The molecule has 0 saturated carbocycles. The fourth-order valence-electron chi connectivity index (χ4n) is 4.26. The van der Waals surface area contributed by atoms with Gasteiger partial charge in [-0.15, -0.1) is 0 Å². The first kappa shape index (κ1) is 18.8. The number of benzene rings is 1. The van der Waals surface area contributed by atoms with Gasteiger partial charge in [-0.1, -0.05) is 51.3 Å². The van der Waals surface area contributed by atoms with E-state index in [9.17, 15) is 5.11 Å². The molecule has 3 aromatic heterocycles. The Morgan fingerprint density at radius 2 is 1.68 bits per heavy atom. The lowest BCUT2D eigenvalue weighted by Crippen LogP contribution is -1.96. The number of aromatic nitrogens is 1. The molecule has 4 aromatic rings. The average Bonchev–Trinajstić information content (AvgIpc) is 3.24. The molecule has 0 atom stereocenters. The molecule has 146 valence electrons. The van der Waals surface area contributed by atoms with Gasteiger partial charge in [0.1, 0.15) is 5.75 Å². The number of rotatable bonds is 9. The van der Waals surface area contributed by atoms with Gasteiger partial charge in [-0.25, -0.2) is 0 Å².